The lowest BCUT2D eigenvalue weighted by Gasteiger charge is -2.36. The molecule has 7 nitrogen and oxygen atoms in total. The number of hydrogen-bond acceptors (Lipinski definition) is 6. The molecule has 0 spiro atoms. The Bertz CT molecular complexity index is 804. The Morgan fingerprint density at radius 3 is 2.62 bits per heavy atom. The smallest absolute Gasteiger partial charge is 0.205 e. The summed E-state index contributed by atoms with van der Waals surface area (Å²) < 4.78 is 9.84. The molecule has 29 heavy (non-hydrogen) atoms. The van der Waals surface area contributed by atoms with Crippen molar-refractivity contribution in [2.45, 2.75) is 33.7 Å². The number of anilines is 1. The largest absolute Gasteiger partial charge is 0.496 e. The third kappa shape index (κ3) is 6.18. The van der Waals surface area contributed by atoms with Crippen LogP contribution in [0.5, 0.6) is 5.75 Å². The Kier molecular flexibility index (Phi) is 9.41. The van der Waals surface area contributed by atoms with Crippen molar-refractivity contribution in [3.05, 3.63) is 35.2 Å². The van der Waals surface area contributed by atoms with Gasteiger partial charge < -0.3 is 19.9 Å². The van der Waals surface area contributed by atoms with E-state index in [0.29, 0.717) is 6.54 Å². The maximum Gasteiger partial charge on any atom is 0.205 e. The van der Waals surface area contributed by atoms with Gasteiger partial charge in [0.05, 0.1) is 13.7 Å². The van der Waals surface area contributed by atoms with E-state index in [1.807, 2.05) is 0 Å². The SMILES string of the molecule is CCNC(=NCc1ccc(C)c(OC)c1)N1CCN(c2nc(CC)ns2)CC1.I. The molecule has 2 aromatic rings. The minimum Gasteiger partial charge on any atom is -0.496 e. The zero-order valence-corrected chi connectivity index (χ0v) is 20.8. The molecule has 1 saturated heterocycles. The first-order chi connectivity index (χ1) is 13.6. The van der Waals surface area contributed by atoms with E-state index in [-0.39, 0.29) is 24.0 Å². The number of nitrogens with zero attached hydrogens (tertiary/aromatic N) is 5. The molecule has 0 aliphatic carbocycles. The van der Waals surface area contributed by atoms with Crippen LogP contribution in [0, 0.1) is 6.92 Å². The van der Waals surface area contributed by atoms with Gasteiger partial charge >= 0.3 is 0 Å². The molecule has 1 aromatic heterocycles. The molecule has 2 heterocycles. The third-order valence-corrected chi connectivity index (χ3v) is 5.66. The molecule has 0 radical (unpaired) electrons. The number of ether oxygens (including phenoxy) is 1. The molecule has 0 saturated carbocycles. The summed E-state index contributed by atoms with van der Waals surface area (Å²) in [6, 6.07) is 6.27. The van der Waals surface area contributed by atoms with Gasteiger partial charge in [-0.25, -0.2) is 9.98 Å². The van der Waals surface area contributed by atoms with Crippen LogP contribution in [0.15, 0.2) is 23.2 Å². The van der Waals surface area contributed by atoms with E-state index in [0.717, 1.165) is 72.9 Å². The highest BCUT2D eigenvalue weighted by molar-refractivity contribution is 14.0. The summed E-state index contributed by atoms with van der Waals surface area (Å²) in [5.74, 6) is 2.81. The van der Waals surface area contributed by atoms with Gasteiger partial charge in [-0.05, 0) is 31.0 Å². The zero-order valence-electron chi connectivity index (χ0n) is 17.6. The first-order valence-electron chi connectivity index (χ1n) is 9.88. The van der Waals surface area contributed by atoms with Crippen LogP contribution in [0.2, 0.25) is 0 Å². The predicted octanol–water partition coefficient (Wildman–Crippen LogP) is 3.32. The Balaban J connectivity index is 0.00000300. The van der Waals surface area contributed by atoms with Crippen molar-refractivity contribution in [2.75, 3.05) is 44.7 Å². The maximum atomic E-state index is 5.43. The number of rotatable bonds is 6. The van der Waals surface area contributed by atoms with E-state index in [1.165, 1.54) is 11.5 Å². The quantitative estimate of drug-likeness (QED) is 0.351. The average Bonchev–Trinajstić information content (AvgIpc) is 3.21. The molecule has 0 amide bonds. The molecule has 1 N–H and O–H groups in total. The summed E-state index contributed by atoms with van der Waals surface area (Å²) in [4.78, 5) is 14.1. The van der Waals surface area contributed by atoms with Crippen LogP contribution in [0.3, 0.4) is 0 Å². The monoisotopic (exact) mass is 530 g/mol. The molecule has 0 atom stereocenters. The predicted molar refractivity (Wildman–Crippen MR) is 131 cm³/mol. The van der Waals surface area contributed by atoms with Gasteiger partial charge in [0.2, 0.25) is 5.13 Å². The van der Waals surface area contributed by atoms with Crippen LogP contribution in [-0.4, -0.2) is 60.1 Å². The van der Waals surface area contributed by atoms with Crippen molar-refractivity contribution in [3.8, 4) is 5.75 Å². The summed E-state index contributed by atoms with van der Waals surface area (Å²) in [5, 5.41) is 4.46. The molecule has 1 fully saturated rings. The highest BCUT2D eigenvalue weighted by Gasteiger charge is 2.22. The number of nitrogens with one attached hydrogen (secondary N) is 1. The van der Waals surface area contributed by atoms with Crippen molar-refractivity contribution in [3.63, 3.8) is 0 Å². The normalized spacial score (nSPS) is 14.6. The van der Waals surface area contributed by atoms with Crippen LogP contribution >= 0.6 is 35.5 Å². The number of aliphatic imine (C=N–C) groups is 1. The van der Waals surface area contributed by atoms with Crippen LogP contribution in [0.25, 0.3) is 0 Å². The second-order valence-corrected chi connectivity index (χ2v) is 7.53. The fraction of sp³-hybridized carbons (Fsp3) is 0.550. The van der Waals surface area contributed by atoms with E-state index in [2.05, 4.69) is 63.4 Å². The standard InChI is InChI=1S/C20H30N6OS.HI/c1-5-18-23-20(28-24-18)26-11-9-25(10-12-26)19(21-6-2)22-14-16-8-7-15(3)17(13-16)27-4;/h7-8,13H,5-6,9-12,14H2,1-4H3,(H,21,22);1H. The van der Waals surface area contributed by atoms with Gasteiger partial charge in [0.15, 0.2) is 5.96 Å². The minimum atomic E-state index is 0. The number of hydrogen-bond donors (Lipinski definition) is 1. The number of methoxy groups -OCH3 is 1. The molecule has 0 unspecified atom stereocenters. The lowest BCUT2D eigenvalue weighted by atomic mass is 10.1. The van der Waals surface area contributed by atoms with Gasteiger partial charge in [0, 0.05) is 50.7 Å². The first-order valence-corrected chi connectivity index (χ1v) is 10.7. The Hall–Kier alpha value is -1.62. The van der Waals surface area contributed by atoms with Gasteiger partial charge in [-0.1, -0.05) is 19.1 Å². The fourth-order valence-electron chi connectivity index (χ4n) is 3.18. The molecule has 9 heteroatoms. The molecule has 160 valence electrons. The number of guanidine groups is 1. The van der Waals surface area contributed by atoms with E-state index in [1.54, 1.807) is 7.11 Å². The van der Waals surface area contributed by atoms with Gasteiger partial charge in [-0.15, -0.1) is 24.0 Å². The zero-order chi connectivity index (χ0) is 19.9. The van der Waals surface area contributed by atoms with Crippen molar-refractivity contribution < 1.29 is 4.74 Å². The topological polar surface area (TPSA) is 65.9 Å². The van der Waals surface area contributed by atoms with Gasteiger partial charge in [-0.2, -0.15) is 4.37 Å². The van der Waals surface area contributed by atoms with E-state index >= 15 is 0 Å². The summed E-state index contributed by atoms with van der Waals surface area (Å²) >= 11 is 1.50. The number of aromatic nitrogens is 2. The van der Waals surface area contributed by atoms with Crippen LogP contribution < -0.4 is 15.0 Å². The Morgan fingerprint density at radius 2 is 2.00 bits per heavy atom. The molecular weight excluding hydrogens is 499 g/mol. The lowest BCUT2D eigenvalue weighted by Crippen LogP contribution is -2.52. The van der Waals surface area contributed by atoms with Crippen molar-refractivity contribution >= 4 is 46.6 Å². The molecular formula is C20H31IN6OS. The average molecular weight is 530 g/mol. The first kappa shape index (κ1) is 23.7. The highest BCUT2D eigenvalue weighted by atomic mass is 127. The summed E-state index contributed by atoms with van der Waals surface area (Å²) in [6.07, 6.45) is 0.886. The number of piperazine rings is 1. The molecule has 1 aliphatic heterocycles. The van der Waals surface area contributed by atoms with Crippen LogP contribution in [-0.2, 0) is 13.0 Å². The van der Waals surface area contributed by atoms with E-state index < -0.39 is 0 Å². The van der Waals surface area contributed by atoms with Crippen LogP contribution in [0.4, 0.5) is 5.13 Å². The molecule has 1 aliphatic rings. The van der Waals surface area contributed by atoms with E-state index in [9.17, 15) is 0 Å². The van der Waals surface area contributed by atoms with Crippen molar-refractivity contribution in [2.24, 2.45) is 4.99 Å². The number of aryl methyl sites for hydroxylation is 2. The van der Waals surface area contributed by atoms with Crippen molar-refractivity contribution in [1.82, 2.24) is 19.6 Å². The fourth-order valence-corrected chi connectivity index (χ4v) is 3.98. The summed E-state index contributed by atoms with van der Waals surface area (Å²) in [6.45, 7) is 11.4. The van der Waals surface area contributed by atoms with Gasteiger partial charge in [0.25, 0.3) is 0 Å². The molecule has 1 aromatic carbocycles. The van der Waals surface area contributed by atoms with E-state index in [4.69, 9.17) is 9.73 Å². The minimum absolute atomic E-state index is 0. The second-order valence-electron chi connectivity index (χ2n) is 6.79. The van der Waals surface area contributed by atoms with Gasteiger partial charge in [-0.3, -0.25) is 0 Å². The highest BCUT2D eigenvalue weighted by Crippen LogP contribution is 2.21. The Labute approximate surface area is 194 Å². The van der Waals surface area contributed by atoms with Crippen LogP contribution in [0.1, 0.15) is 30.8 Å². The van der Waals surface area contributed by atoms with Crippen molar-refractivity contribution in [1.29, 1.82) is 0 Å². The molecule has 0 bridgehead atoms. The summed E-state index contributed by atoms with van der Waals surface area (Å²) in [7, 11) is 1.71. The number of benzene rings is 1. The Morgan fingerprint density at radius 1 is 1.24 bits per heavy atom. The second kappa shape index (κ2) is 11.5. The summed E-state index contributed by atoms with van der Waals surface area (Å²) in [5.41, 5.74) is 2.29. The molecule has 3 rings (SSSR count). The maximum absolute atomic E-state index is 5.43. The van der Waals surface area contributed by atoms with Gasteiger partial charge in [0.1, 0.15) is 11.6 Å². The third-order valence-electron chi connectivity index (χ3n) is 4.84. The lowest BCUT2D eigenvalue weighted by molar-refractivity contribution is 0.372. The number of halogens is 1.